The Labute approximate surface area is 141 Å². The topological polar surface area (TPSA) is 49.6 Å². The summed E-state index contributed by atoms with van der Waals surface area (Å²) in [5, 5.41) is 5.53. The summed E-state index contributed by atoms with van der Waals surface area (Å²) in [6.07, 6.45) is 5.79. The Bertz CT molecular complexity index is 858. The molecule has 1 saturated heterocycles. The Morgan fingerprint density at radius 3 is 2.83 bits per heavy atom. The first-order chi connectivity index (χ1) is 11.8. The number of hydrogen-bond acceptors (Lipinski definition) is 3. The molecule has 1 amide bonds. The normalized spacial score (nSPS) is 20.2. The second-order valence-electron chi connectivity index (χ2n) is 7.07. The smallest absolute Gasteiger partial charge is 0.272 e. The Hall–Kier alpha value is -2.14. The molecule has 1 fully saturated rings. The maximum atomic E-state index is 12.4. The van der Waals surface area contributed by atoms with Crippen molar-refractivity contribution in [3.8, 4) is 0 Å². The number of benzene rings is 1. The first-order valence-electron chi connectivity index (χ1n) is 9.06. The molecule has 2 aliphatic heterocycles. The third-order valence-electron chi connectivity index (χ3n) is 5.69. The van der Waals surface area contributed by atoms with Gasteiger partial charge in [-0.2, -0.15) is 5.10 Å². The highest BCUT2D eigenvalue weighted by molar-refractivity contribution is 6.20. The van der Waals surface area contributed by atoms with Crippen LogP contribution in [0.25, 0.3) is 10.9 Å². The minimum atomic E-state index is -0.0815. The molecule has 1 aromatic carbocycles. The summed E-state index contributed by atoms with van der Waals surface area (Å²) in [5.41, 5.74) is 8.35. The number of nitrogens with one attached hydrogen (secondary N) is 1. The van der Waals surface area contributed by atoms with Crippen LogP contribution in [0.4, 0.5) is 0 Å². The molecule has 24 heavy (non-hydrogen) atoms. The van der Waals surface area contributed by atoms with Crippen molar-refractivity contribution < 1.29 is 4.79 Å². The summed E-state index contributed by atoms with van der Waals surface area (Å²) in [6, 6.07) is 6.09. The predicted molar refractivity (Wildman–Crippen MR) is 94.6 cm³/mol. The van der Waals surface area contributed by atoms with Crippen LogP contribution in [-0.4, -0.2) is 40.7 Å². The van der Waals surface area contributed by atoms with Crippen LogP contribution in [0.2, 0.25) is 0 Å². The van der Waals surface area contributed by atoms with Crippen molar-refractivity contribution in [3.05, 3.63) is 35.0 Å². The van der Waals surface area contributed by atoms with Gasteiger partial charge in [0, 0.05) is 35.2 Å². The lowest BCUT2D eigenvalue weighted by Crippen LogP contribution is -2.25. The number of likely N-dealkylation sites (tertiary alicyclic amines) is 1. The van der Waals surface area contributed by atoms with Gasteiger partial charge in [-0.25, -0.2) is 5.43 Å². The van der Waals surface area contributed by atoms with Crippen molar-refractivity contribution in [2.75, 3.05) is 19.6 Å². The summed E-state index contributed by atoms with van der Waals surface area (Å²) in [5.74, 6) is -0.0815. The largest absolute Gasteiger partial charge is 0.343 e. The number of nitrogens with zero attached hydrogens (tertiary/aromatic N) is 3. The number of carbonyl (C=O) groups excluding carboxylic acids is 1. The molecule has 0 saturated carbocycles. The number of amides is 1. The third kappa shape index (κ3) is 2.04. The minimum Gasteiger partial charge on any atom is -0.343 e. The molecule has 5 nitrogen and oxygen atoms in total. The second kappa shape index (κ2) is 5.45. The summed E-state index contributed by atoms with van der Waals surface area (Å²) >= 11 is 0. The van der Waals surface area contributed by atoms with Crippen LogP contribution in [0.5, 0.6) is 0 Å². The molecule has 1 aliphatic carbocycles. The lowest BCUT2D eigenvalue weighted by atomic mass is 9.92. The van der Waals surface area contributed by atoms with Gasteiger partial charge in [-0.05, 0) is 57.3 Å². The summed E-state index contributed by atoms with van der Waals surface area (Å²) < 4.78 is 2.46. The SMILES string of the molecule is O=C1NN=C2CCCc3c2c2c1cccc2n3CCN1CCCC1. The van der Waals surface area contributed by atoms with E-state index in [1.807, 2.05) is 12.1 Å². The van der Waals surface area contributed by atoms with Gasteiger partial charge in [0.1, 0.15) is 0 Å². The van der Waals surface area contributed by atoms with Crippen molar-refractivity contribution in [3.63, 3.8) is 0 Å². The van der Waals surface area contributed by atoms with Gasteiger partial charge in [0.05, 0.1) is 11.3 Å². The summed E-state index contributed by atoms with van der Waals surface area (Å²) in [7, 11) is 0. The van der Waals surface area contributed by atoms with E-state index in [0.29, 0.717) is 0 Å². The van der Waals surface area contributed by atoms with E-state index < -0.39 is 0 Å². The zero-order valence-electron chi connectivity index (χ0n) is 13.8. The minimum absolute atomic E-state index is 0.0815. The standard InChI is InChI=1S/C19H22N4O/c24-19-13-5-3-7-15-17(13)18-14(20-21-19)6-4-8-16(18)23(15)12-11-22-9-1-2-10-22/h3,5,7H,1-2,4,6,8-12H2,(H,21,24). The van der Waals surface area contributed by atoms with E-state index in [-0.39, 0.29) is 5.91 Å². The van der Waals surface area contributed by atoms with Crippen LogP contribution in [-0.2, 0) is 13.0 Å². The highest BCUT2D eigenvalue weighted by atomic mass is 16.2. The molecular formula is C19H22N4O. The van der Waals surface area contributed by atoms with Crippen molar-refractivity contribution in [1.29, 1.82) is 0 Å². The highest BCUT2D eigenvalue weighted by Crippen LogP contribution is 2.35. The molecule has 0 unspecified atom stereocenters. The highest BCUT2D eigenvalue weighted by Gasteiger charge is 2.29. The van der Waals surface area contributed by atoms with Gasteiger partial charge >= 0.3 is 0 Å². The fourth-order valence-corrected chi connectivity index (χ4v) is 4.55. The van der Waals surface area contributed by atoms with Crippen molar-refractivity contribution in [1.82, 2.24) is 14.9 Å². The number of aromatic nitrogens is 1. The molecule has 0 bridgehead atoms. The molecule has 0 spiro atoms. The van der Waals surface area contributed by atoms with Gasteiger partial charge < -0.3 is 9.47 Å². The van der Waals surface area contributed by atoms with Gasteiger partial charge in [0.25, 0.3) is 5.91 Å². The van der Waals surface area contributed by atoms with E-state index in [9.17, 15) is 4.79 Å². The second-order valence-corrected chi connectivity index (χ2v) is 7.07. The van der Waals surface area contributed by atoms with E-state index in [2.05, 4.69) is 26.1 Å². The number of rotatable bonds is 3. The van der Waals surface area contributed by atoms with E-state index in [4.69, 9.17) is 0 Å². The Morgan fingerprint density at radius 2 is 1.96 bits per heavy atom. The average Bonchev–Trinajstić information content (AvgIpc) is 3.20. The Kier molecular flexibility index (Phi) is 3.23. The van der Waals surface area contributed by atoms with Crippen molar-refractivity contribution >= 4 is 22.5 Å². The molecule has 2 aromatic rings. The fraction of sp³-hybridized carbons (Fsp3) is 0.474. The fourth-order valence-electron chi connectivity index (χ4n) is 4.55. The van der Waals surface area contributed by atoms with Crippen LogP contribution < -0.4 is 5.43 Å². The molecule has 3 heterocycles. The van der Waals surface area contributed by atoms with Crippen molar-refractivity contribution in [2.45, 2.75) is 38.6 Å². The van der Waals surface area contributed by atoms with E-state index in [1.54, 1.807) is 0 Å². The zero-order chi connectivity index (χ0) is 16.1. The van der Waals surface area contributed by atoms with Crippen LogP contribution in [0.15, 0.2) is 23.3 Å². The van der Waals surface area contributed by atoms with Crippen LogP contribution in [0, 0.1) is 0 Å². The first-order valence-corrected chi connectivity index (χ1v) is 9.06. The number of carbonyl (C=O) groups is 1. The average molecular weight is 322 g/mol. The molecule has 5 heteroatoms. The number of hydrogen-bond donors (Lipinski definition) is 1. The molecule has 124 valence electrons. The molecule has 3 aliphatic rings. The van der Waals surface area contributed by atoms with Crippen LogP contribution in [0.1, 0.15) is 47.3 Å². The maximum Gasteiger partial charge on any atom is 0.272 e. The molecule has 0 radical (unpaired) electrons. The molecule has 5 rings (SSSR count). The van der Waals surface area contributed by atoms with Gasteiger partial charge in [0.2, 0.25) is 0 Å². The molecule has 1 N–H and O–H groups in total. The van der Waals surface area contributed by atoms with Crippen molar-refractivity contribution in [2.24, 2.45) is 5.10 Å². The predicted octanol–water partition coefficient (Wildman–Crippen LogP) is 2.52. The Balaban J connectivity index is 1.67. The molecule has 0 atom stereocenters. The van der Waals surface area contributed by atoms with Crippen LogP contribution >= 0.6 is 0 Å². The van der Waals surface area contributed by atoms with Gasteiger partial charge in [-0.3, -0.25) is 4.79 Å². The first kappa shape index (κ1) is 14.2. The van der Waals surface area contributed by atoms with E-state index >= 15 is 0 Å². The van der Waals surface area contributed by atoms with Gasteiger partial charge in [-0.1, -0.05) is 6.07 Å². The molecule has 1 aromatic heterocycles. The Morgan fingerprint density at radius 1 is 1.08 bits per heavy atom. The van der Waals surface area contributed by atoms with Crippen LogP contribution in [0.3, 0.4) is 0 Å². The van der Waals surface area contributed by atoms with Gasteiger partial charge in [0.15, 0.2) is 0 Å². The molecular weight excluding hydrogens is 300 g/mol. The lowest BCUT2D eigenvalue weighted by molar-refractivity contribution is 0.0957. The quantitative estimate of drug-likeness (QED) is 0.944. The lowest BCUT2D eigenvalue weighted by Gasteiger charge is -2.20. The van der Waals surface area contributed by atoms with E-state index in [0.717, 1.165) is 49.0 Å². The van der Waals surface area contributed by atoms with Gasteiger partial charge in [-0.15, -0.1) is 0 Å². The summed E-state index contributed by atoms with van der Waals surface area (Å²) in [6.45, 7) is 4.55. The number of hydrazone groups is 1. The zero-order valence-corrected chi connectivity index (χ0v) is 13.8. The van der Waals surface area contributed by atoms with E-state index in [1.165, 1.54) is 42.7 Å². The monoisotopic (exact) mass is 322 g/mol. The maximum absolute atomic E-state index is 12.4. The summed E-state index contributed by atoms with van der Waals surface area (Å²) in [4.78, 5) is 15.0. The third-order valence-corrected chi connectivity index (χ3v) is 5.69.